The number of aliphatic carboxylic acids is 1. The van der Waals surface area contributed by atoms with Gasteiger partial charge in [0.2, 0.25) is 0 Å². The van der Waals surface area contributed by atoms with Crippen molar-refractivity contribution in [2.45, 2.75) is 12.5 Å². The highest BCUT2D eigenvalue weighted by Crippen LogP contribution is 2.24. The summed E-state index contributed by atoms with van der Waals surface area (Å²) in [5.41, 5.74) is 1.43. The van der Waals surface area contributed by atoms with E-state index in [1.807, 2.05) is 42.5 Å². The van der Waals surface area contributed by atoms with Crippen molar-refractivity contribution >= 4 is 29.0 Å². The topological polar surface area (TPSA) is 73.2 Å². The third-order valence-corrected chi connectivity index (χ3v) is 3.31. The Kier molecular flexibility index (Phi) is 4.95. The zero-order valence-corrected chi connectivity index (χ0v) is 12.0. The zero-order valence-electron chi connectivity index (χ0n) is 11.2. The number of hydrogen-bond donors (Lipinski definition) is 3. The molecule has 0 aliphatic rings. The Morgan fingerprint density at radius 2 is 1.76 bits per heavy atom. The van der Waals surface area contributed by atoms with Gasteiger partial charge in [-0.3, -0.25) is 5.41 Å². The summed E-state index contributed by atoms with van der Waals surface area (Å²) in [4.78, 5) is 10.9. The molecule has 2 aromatic carbocycles. The molecule has 1 atom stereocenters. The molecule has 0 aliphatic carbocycles. The van der Waals surface area contributed by atoms with Gasteiger partial charge in [0.25, 0.3) is 0 Å². The van der Waals surface area contributed by atoms with Gasteiger partial charge in [0.05, 0.1) is 6.04 Å². The maximum absolute atomic E-state index is 10.9. The Hall–Kier alpha value is -2.33. The lowest BCUT2D eigenvalue weighted by molar-refractivity contribution is -0.129. The van der Waals surface area contributed by atoms with Crippen LogP contribution < -0.4 is 5.32 Å². The fourth-order valence-corrected chi connectivity index (χ4v) is 2.10. The summed E-state index contributed by atoms with van der Waals surface area (Å²) in [6.07, 6.45) is 0.0992. The van der Waals surface area contributed by atoms with Crippen LogP contribution in [-0.2, 0) is 4.79 Å². The van der Waals surface area contributed by atoms with E-state index in [2.05, 4.69) is 5.32 Å². The number of nitrogens with one attached hydrogen (secondary N) is 2. The molecule has 0 amide bonds. The van der Waals surface area contributed by atoms with Gasteiger partial charge >= 0.3 is 5.97 Å². The molecule has 21 heavy (non-hydrogen) atoms. The predicted octanol–water partition coefficient (Wildman–Crippen LogP) is 3.99. The van der Waals surface area contributed by atoms with Crippen LogP contribution in [0.5, 0.6) is 0 Å². The first-order valence-corrected chi connectivity index (χ1v) is 6.82. The minimum absolute atomic E-state index is 0.0992. The second kappa shape index (κ2) is 6.90. The first-order chi connectivity index (χ1) is 10.1. The summed E-state index contributed by atoms with van der Waals surface area (Å²) in [6.45, 7) is 0. The Labute approximate surface area is 127 Å². The molecule has 4 nitrogen and oxygen atoms in total. The quantitative estimate of drug-likeness (QED) is 0.706. The number of carbonyl (C=O) groups is 1. The number of anilines is 1. The second-order valence-corrected chi connectivity index (χ2v) is 5.04. The maximum Gasteiger partial charge on any atom is 0.349 e. The minimum atomic E-state index is -1.20. The van der Waals surface area contributed by atoms with E-state index in [1.165, 1.54) is 0 Å². The lowest BCUT2D eigenvalue weighted by Crippen LogP contribution is -2.20. The van der Waals surface area contributed by atoms with Crippen molar-refractivity contribution in [3.8, 4) is 0 Å². The van der Waals surface area contributed by atoms with Crippen molar-refractivity contribution in [1.82, 2.24) is 0 Å². The Balaban J connectivity index is 2.21. The normalized spacial score (nSPS) is 11.7. The van der Waals surface area contributed by atoms with E-state index in [0.717, 1.165) is 11.3 Å². The molecular weight excluding hydrogens is 288 g/mol. The van der Waals surface area contributed by atoms with Crippen LogP contribution in [0.2, 0.25) is 5.02 Å². The molecule has 2 rings (SSSR count). The van der Waals surface area contributed by atoms with Crippen LogP contribution in [0.3, 0.4) is 0 Å². The molecule has 1 unspecified atom stereocenters. The van der Waals surface area contributed by atoms with Gasteiger partial charge in [-0.25, -0.2) is 4.79 Å². The van der Waals surface area contributed by atoms with Crippen molar-refractivity contribution in [3.05, 3.63) is 65.2 Å². The van der Waals surface area contributed by atoms with Gasteiger partial charge in [0, 0.05) is 17.1 Å². The molecule has 0 aliphatic heterocycles. The minimum Gasteiger partial charge on any atom is -0.477 e. The maximum atomic E-state index is 10.9. The molecule has 0 radical (unpaired) electrons. The summed E-state index contributed by atoms with van der Waals surface area (Å²) in [6, 6.07) is 16.4. The number of benzene rings is 2. The summed E-state index contributed by atoms with van der Waals surface area (Å²) in [5, 5.41) is 20.4. The van der Waals surface area contributed by atoms with Gasteiger partial charge in [0.15, 0.2) is 0 Å². The number of rotatable bonds is 6. The number of hydrogen-bond acceptors (Lipinski definition) is 3. The molecule has 0 heterocycles. The van der Waals surface area contributed by atoms with E-state index in [-0.39, 0.29) is 18.2 Å². The van der Waals surface area contributed by atoms with Crippen LogP contribution in [0.1, 0.15) is 18.0 Å². The predicted molar refractivity (Wildman–Crippen MR) is 84.2 cm³/mol. The highest BCUT2D eigenvalue weighted by atomic mass is 35.5. The van der Waals surface area contributed by atoms with Crippen molar-refractivity contribution < 1.29 is 9.90 Å². The smallest absolute Gasteiger partial charge is 0.349 e. The number of carboxylic acid groups (broad SMARTS) is 1. The van der Waals surface area contributed by atoms with Gasteiger partial charge in [-0.2, -0.15) is 0 Å². The van der Waals surface area contributed by atoms with Crippen molar-refractivity contribution in [3.63, 3.8) is 0 Å². The lowest BCUT2D eigenvalue weighted by Gasteiger charge is -2.20. The molecule has 2 aromatic rings. The Bertz CT molecular complexity index is 626. The zero-order chi connectivity index (χ0) is 15.2. The third kappa shape index (κ3) is 4.33. The molecule has 0 aromatic heterocycles. The summed E-state index contributed by atoms with van der Waals surface area (Å²) in [5.74, 6) is -1.20. The van der Waals surface area contributed by atoms with Gasteiger partial charge in [-0.05, 0) is 29.8 Å². The average molecular weight is 303 g/mol. The molecule has 0 bridgehead atoms. The molecule has 0 saturated carbocycles. The van der Waals surface area contributed by atoms with Gasteiger partial charge < -0.3 is 10.4 Å². The van der Waals surface area contributed by atoms with Crippen LogP contribution in [0, 0.1) is 5.41 Å². The van der Waals surface area contributed by atoms with Gasteiger partial charge in [-0.15, -0.1) is 0 Å². The van der Waals surface area contributed by atoms with E-state index in [4.69, 9.17) is 22.1 Å². The highest BCUT2D eigenvalue weighted by Gasteiger charge is 2.17. The molecule has 0 spiro atoms. The van der Waals surface area contributed by atoms with E-state index >= 15 is 0 Å². The third-order valence-electron chi connectivity index (χ3n) is 3.05. The largest absolute Gasteiger partial charge is 0.477 e. The van der Waals surface area contributed by atoms with Crippen LogP contribution >= 0.6 is 11.6 Å². The number of halogens is 1. The lowest BCUT2D eigenvalue weighted by atomic mass is 10.0. The fourth-order valence-electron chi connectivity index (χ4n) is 1.98. The second-order valence-electron chi connectivity index (χ2n) is 4.60. The van der Waals surface area contributed by atoms with E-state index in [0.29, 0.717) is 5.02 Å². The van der Waals surface area contributed by atoms with Crippen molar-refractivity contribution in [1.29, 1.82) is 5.41 Å². The summed E-state index contributed by atoms with van der Waals surface area (Å²) >= 11 is 5.85. The first-order valence-electron chi connectivity index (χ1n) is 6.44. The molecular formula is C16H15ClN2O2. The molecule has 0 fully saturated rings. The summed E-state index contributed by atoms with van der Waals surface area (Å²) < 4.78 is 0. The van der Waals surface area contributed by atoms with E-state index < -0.39 is 5.97 Å². The van der Waals surface area contributed by atoms with Crippen LogP contribution in [0.25, 0.3) is 0 Å². The van der Waals surface area contributed by atoms with Crippen molar-refractivity contribution in [2.75, 3.05) is 5.32 Å². The fraction of sp³-hybridized carbons (Fsp3) is 0.125. The Morgan fingerprint density at radius 3 is 2.33 bits per heavy atom. The Morgan fingerprint density at radius 1 is 1.14 bits per heavy atom. The average Bonchev–Trinajstić information content (AvgIpc) is 2.49. The molecule has 0 saturated heterocycles. The van der Waals surface area contributed by atoms with Gasteiger partial charge in [-0.1, -0.05) is 41.9 Å². The van der Waals surface area contributed by atoms with E-state index in [9.17, 15) is 4.79 Å². The van der Waals surface area contributed by atoms with Crippen LogP contribution in [0.15, 0.2) is 54.6 Å². The molecule has 3 N–H and O–H groups in total. The summed E-state index contributed by atoms with van der Waals surface area (Å²) in [7, 11) is 0. The van der Waals surface area contributed by atoms with Crippen LogP contribution in [0.4, 0.5) is 5.69 Å². The monoisotopic (exact) mass is 302 g/mol. The number of carboxylic acids is 1. The van der Waals surface area contributed by atoms with Gasteiger partial charge in [0.1, 0.15) is 5.71 Å². The first kappa shape index (κ1) is 15.1. The SMILES string of the molecule is N=C(CC(Nc1ccc(Cl)cc1)c1ccccc1)C(=O)O. The van der Waals surface area contributed by atoms with E-state index in [1.54, 1.807) is 12.1 Å². The van der Waals surface area contributed by atoms with Crippen LogP contribution in [-0.4, -0.2) is 16.8 Å². The molecule has 5 heteroatoms. The molecule has 108 valence electrons. The highest BCUT2D eigenvalue weighted by molar-refractivity contribution is 6.34. The standard InChI is InChI=1S/C16H15ClN2O2/c17-12-6-8-13(9-7-12)19-15(10-14(18)16(20)21)11-4-2-1-3-5-11/h1-9,15,18-19H,10H2,(H,20,21). The van der Waals surface area contributed by atoms with Crippen molar-refractivity contribution in [2.24, 2.45) is 0 Å².